The molecule has 21 nitrogen and oxygen atoms in total. The Morgan fingerprint density at radius 1 is 0.356 bits per heavy atom. The molecule has 3 spiro atoms. The Balaban J connectivity index is 0.000000128. The summed E-state index contributed by atoms with van der Waals surface area (Å²) in [6.07, 6.45) is 34.4. The lowest BCUT2D eigenvalue weighted by atomic mass is 9.68. The summed E-state index contributed by atoms with van der Waals surface area (Å²) in [5.41, 5.74) is 10.2. The average Bonchev–Trinajstić information content (AvgIpc) is 1.59. The second kappa shape index (κ2) is 38.0. The summed E-state index contributed by atoms with van der Waals surface area (Å²) in [5, 5.41) is 34.0. The number of aryl methyl sites for hydroxylation is 3. The number of allylic oxidation sites excluding steroid dienone is 3. The largest absolute Gasteiger partial charge is 0.490 e. The van der Waals surface area contributed by atoms with E-state index in [0.29, 0.717) is 92.7 Å². The highest BCUT2D eigenvalue weighted by atomic mass is 35.5. The highest BCUT2D eigenvalue weighted by Gasteiger charge is 2.52. The molecule has 21 rings (SSSR count). The molecular weight excluding hydrogens is 1790 g/mol. The van der Waals surface area contributed by atoms with Crippen LogP contribution >= 0.6 is 34.8 Å². The molecule has 27 heteroatoms. The van der Waals surface area contributed by atoms with Crippen LogP contribution in [0.25, 0.3) is 0 Å². The Morgan fingerprint density at radius 3 is 0.886 bits per heavy atom. The fourth-order valence-electron chi connectivity index (χ4n) is 25.7. The third kappa shape index (κ3) is 18.7. The van der Waals surface area contributed by atoms with E-state index in [1.807, 2.05) is 112 Å². The quantitative estimate of drug-likeness (QED) is 0.0898. The minimum atomic E-state index is -3.93. The van der Waals surface area contributed by atoms with Gasteiger partial charge in [0.1, 0.15) is 17.2 Å². The summed E-state index contributed by atoms with van der Waals surface area (Å²) in [6.45, 7) is 11.6. The fourth-order valence-corrected chi connectivity index (χ4v) is 32.3. The topological polar surface area (TPSA) is 288 Å². The van der Waals surface area contributed by atoms with Crippen LogP contribution in [0.4, 0.5) is 17.1 Å². The van der Waals surface area contributed by atoms with Crippen molar-refractivity contribution in [2.45, 2.75) is 244 Å². The van der Waals surface area contributed by atoms with Crippen molar-refractivity contribution >= 4 is 99.7 Å². The zero-order valence-corrected chi connectivity index (χ0v) is 80.9. The van der Waals surface area contributed by atoms with Crippen molar-refractivity contribution in [2.75, 3.05) is 73.8 Å². The summed E-state index contributed by atoms with van der Waals surface area (Å²) < 4.78 is 110. The molecule has 9 aliphatic carbocycles. The first kappa shape index (κ1) is 93.4. The maximum atomic E-state index is 13.8. The summed E-state index contributed by atoms with van der Waals surface area (Å²) in [6, 6.07) is 34.5. The highest BCUT2D eigenvalue weighted by Crippen LogP contribution is 2.54. The van der Waals surface area contributed by atoms with E-state index in [1.165, 1.54) is 33.4 Å². The minimum Gasteiger partial charge on any atom is -0.490 e. The minimum absolute atomic E-state index is 0.0314. The van der Waals surface area contributed by atoms with Crippen LogP contribution < -0.4 is 43.1 Å². The highest BCUT2D eigenvalue weighted by molar-refractivity contribution is 7.91. The Bertz CT molecular complexity index is 5270. The van der Waals surface area contributed by atoms with E-state index in [2.05, 4.69) is 65.3 Å². The van der Waals surface area contributed by atoms with Crippen LogP contribution in [0.5, 0.6) is 17.2 Å². The Kier molecular flexibility index (Phi) is 26.9. The molecule has 132 heavy (non-hydrogen) atoms. The molecule has 0 aromatic heterocycles. The van der Waals surface area contributed by atoms with Gasteiger partial charge in [0.2, 0.25) is 30.1 Å². The van der Waals surface area contributed by atoms with E-state index >= 15 is 0 Å². The zero-order valence-electron chi connectivity index (χ0n) is 76.1. The molecule has 0 unspecified atom stereocenters. The van der Waals surface area contributed by atoms with Crippen LogP contribution in [-0.4, -0.2) is 151 Å². The van der Waals surface area contributed by atoms with E-state index in [-0.39, 0.29) is 87.3 Å². The maximum absolute atomic E-state index is 13.8. The number of carbonyl (C=O) groups excluding carboxylic acids is 3. The van der Waals surface area contributed by atoms with Crippen LogP contribution in [-0.2, 0) is 65.6 Å². The summed E-state index contributed by atoms with van der Waals surface area (Å²) in [5.74, 6) is 1.11. The number of hydrogen-bond acceptors (Lipinski definition) is 18. The van der Waals surface area contributed by atoms with Crippen LogP contribution in [0.2, 0.25) is 15.1 Å². The SMILES string of the molecule is C[C@@H]1C/C=C/[C@H](O)[C@@H]2CC[C@H]2CN2C[C@@]3(CCCc4cc(Cl)ccc43)COc3ccc(cc32)C(=O)NS(=O)(=O)[C@@H]1C1CCC1.C[C@@H]1C/C=C/[C@H](O)[C@@H]2CC[C@H]2CN2C[C@@]3(CCCc4cc(Cl)ccc43)COc3ccc(cc32)C(=O)NS(=O)(=O)[C@H]1C1CCC1.C[C@H]1C/C=C/[C@H](O)[C@@H]2CC[C@H]2CN2C[C@@]3(CCCc4cc(Cl)ccc43)COc3ccc(cc32)C(=O)NS(=O)(=O)[C@@H]1C1CCC1. The molecule has 6 saturated carbocycles. The number of ether oxygens (including phenoxy) is 3. The van der Waals surface area contributed by atoms with Crippen molar-refractivity contribution < 1.29 is 69.2 Å². The number of fused-ring (bicyclic) bond motifs is 12. The number of amides is 3. The molecule has 3 amide bonds. The third-order valence-electron chi connectivity index (χ3n) is 33.8. The number of benzene rings is 6. The van der Waals surface area contributed by atoms with E-state index < -0.39 is 81.9 Å². The van der Waals surface area contributed by atoms with E-state index in [9.17, 15) is 55.0 Å². The van der Waals surface area contributed by atoms with Crippen molar-refractivity contribution in [3.63, 3.8) is 0 Å². The molecule has 708 valence electrons. The Hall–Kier alpha value is -7.65. The smallest absolute Gasteiger partial charge is 0.264 e. The number of aliphatic hydroxyl groups is 3. The number of aliphatic hydroxyl groups excluding tert-OH is 3. The van der Waals surface area contributed by atoms with E-state index in [4.69, 9.17) is 49.0 Å². The fraction of sp³-hybridized carbons (Fsp3) is 0.571. The first-order valence-electron chi connectivity index (χ1n) is 49.0. The van der Waals surface area contributed by atoms with Gasteiger partial charge in [0.15, 0.2) is 0 Å². The van der Waals surface area contributed by atoms with Gasteiger partial charge < -0.3 is 44.2 Å². The number of anilines is 3. The molecule has 6 N–H and O–H groups in total. The summed E-state index contributed by atoms with van der Waals surface area (Å²) >= 11 is 19.2. The standard InChI is InChI=1S/3C35H43ClN2O5S/c3*1-22-5-2-9-31(39)28-13-10-26(28)19-38-20-35(16-4-8-24-17-27(36)12-14-29(24)35)21-43-32-15-11-25(18-30(32)38)34(40)37-44(41,42)33(22)23-6-3-7-23/h3*2,9,11-12,14-15,17-18,22-23,26,28,31,33,39H,3-8,10,13,16,19-21H2,1H3,(H,37,40)/b3*9-2+/t22-,26+,28-,31+,33+,35+;22-,26+,28-,31+,33-,35+;22-,26-,28+,31-,33-,35-/m110/s1. The molecule has 6 bridgehead atoms. The number of carbonyl (C=O) groups is 3. The van der Waals surface area contributed by atoms with Crippen LogP contribution in [0, 0.1) is 71.0 Å². The average molecular weight is 1920 g/mol. The maximum Gasteiger partial charge on any atom is 0.264 e. The van der Waals surface area contributed by atoms with Crippen LogP contribution in [0.1, 0.15) is 239 Å². The first-order chi connectivity index (χ1) is 63.4. The number of nitrogens with one attached hydrogen (secondary N) is 3. The third-order valence-corrected chi connectivity index (χ3v) is 40.7. The zero-order chi connectivity index (χ0) is 91.9. The molecule has 6 aliphatic heterocycles. The normalized spacial score (nSPS) is 34.3. The van der Waals surface area contributed by atoms with Gasteiger partial charge in [0.25, 0.3) is 17.7 Å². The van der Waals surface area contributed by atoms with Crippen molar-refractivity contribution in [1.29, 1.82) is 0 Å². The van der Waals surface area contributed by atoms with Crippen molar-refractivity contribution in [3.05, 3.63) is 211 Å². The molecule has 6 fully saturated rings. The van der Waals surface area contributed by atoms with Crippen LogP contribution in [0.15, 0.2) is 146 Å². The monoisotopic (exact) mass is 1910 g/mol. The first-order valence-corrected chi connectivity index (χ1v) is 54.8. The lowest BCUT2D eigenvalue weighted by molar-refractivity contribution is 0.0454. The van der Waals surface area contributed by atoms with Crippen molar-refractivity contribution in [3.8, 4) is 17.2 Å². The molecule has 15 aliphatic rings. The van der Waals surface area contributed by atoms with Gasteiger partial charge in [-0.15, -0.1) is 0 Å². The molecule has 18 atom stereocenters. The number of nitrogens with zero attached hydrogens (tertiary/aromatic N) is 3. The molecule has 0 saturated heterocycles. The van der Waals surface area contributed by atoms with E-state index in [0.717, 1.165) is 206 Å². The van der Waals surface area contributed by atoms with Gasteiger partial charge >= 0.3 is 0 Å². The molecule has 6 heterocycles. The lowest BCUT2D eigenvalue weighted by Crippen LogP contribution is -2.49. The van der Waals surface area contributed by atoms with Crippen LogP contribution in [0.3, 0.4) is 0 Å². The van der Waals surface area contributed by atoms with Gasteiger partial charge in [0.05, 0.1) is 70.9 Å². The van der Waals surface area contributed by atoms with Crippen molar-refractivity contribution in [1.82, 2.24) is 14.2 Å². The van der Waals surface area contributed by atoms with Crippen molar-refractivity contribution in [2.24, 2.45) is 71.0 Å². The Morgan fingerprint density at radius 2 is 0.636 bits per heavy atom. The predicted octanol–water partition coefficient (Wildman–Crippen LogP) is 18.1. The second-order valence-electron chi connectivity index (χ2n) is 42.2. The molecule has 6 aromatic carbocycles. The molecule has 6 aromatic rings. The van der Waals surface area contributed by atoms with Gasteiger partial charge in [0, 0.05) is 87.3 Å². The van der Waals surface area contributed by atoms with Gasteiger partial charge in [-0.3, -0.25) is 14.4 Å². The van der Waals surface area contributed by atoms with E-state index in [1.54, 1.807) is 18.2 Å². The number of hydrogen-bond donors (Lipinski definition) is 6. The van der Waals surface area contributed by atoms with Gasteiger partial charge in [-0.1, -0.05) is 129 Å². The molecular formula is C105H129Cl3N6O15S3. The number of sulfonamides is 3. The van der Waals surface area contributed by atoms with Gasteiger partial charge in [-0.05, 0) is 349 Å². The summed E-state index contributed by atoms with van der Waals surface area (Å²) in [4.78, 5) is 47.9. The second-order valence-corrected chi connectivity index (χ2v) is 49.0. The van der Waals surface area contributed by atoms with Gasteiger partial charge in [-0.25, -0.2) is 39.4 Å². The van der Waals surface area contributed by atoms with Gasteiger partial charge in [-0.2, -0.15) is 0 Å². The number of rotatable bonds is 3. The lowest BCUT2D eigenvalue weighted by Gasteiger charge is -2.45. The Labute approximate surface area is 794 Å². The number of halogens is 3. The predicted molar refractivity (Wildman–Crippen MR) is 519 cm³/mol. The summed E-state index contributed by atoms with van der Waals surface area (Å²) in [7, 11) is -11.8. The molecule has 0 radical (unpaired) electrons.